The minimum atomic E-state index is -0.321. The van der Waals surface area contributed by atoms with E-state index in [1.54, 1.807) is 0 Å². The van der Waals surface area contributed by atoms with E-state index in [2.05, 4.69) is 41.4 Å². The first-order valence-corrected chi connectivity index (χ1v) is 9.18. The first kappa shape index (κ1) is 13.2. The number of piperidine rings is 4. The van der Waals surface area contributed by atoms with Crippen LogP contribution in [0.2, 0.25) is 0 Å². The molecular formula is C19H24N2O2. The first-order chi connectivity index (χ1) is 11.2. The Kier molecular flexibility index (Phi) is 2.26. The Labute approximate surface area is 136 Å². The Hall–Kier alpha value is -1.10. The van der Waals surface area contributed by atoms with Crippen molar-refractivity contribution in [2.24, 2.45) is 17.8 Å². The van der Waals surface area contributed by atoms with Gasteiger partial charge in [0.05, 0.1) is 12.1 Å². The molecule has 3 N–H and O–H groups in total. The maximum atomic E-state index is 11.5. The number of para-hydroxylation sites is 1. The smallest absolute Gasteiger partial charge is 0.111 e. The molecule has 1 saturated carbocycles. The van der Waals surface area contributed by atoms with Crippen LogP contribution < -0.4 is 5.32 Å². The van der Waals surface area contributed by atoms with E-state index in [1.807, 2.05) is 0 Å². The van der Waals surface area contributed by atoms with Gasteiger partial charge in [0.2, 0.25) is 0 Å². The van der Waals surface area contributed by atoms with Gasteiger partial charge >= 0.3 is 0 Å². The summed E-state index contributed by atoms with van der Waals surface area (Å²) in [4.78, 5) is 2.39. The van der Waals surface area contributed by atoms with Crippen molar-refractivity contribution in [1.29, 1.82) is 0 Å². The predicted octanol–water partition coefficient (Wildman–Crippen LogP) is 1.53. The monoisotopic (exact) mass is 312 g/mol. The number of nitrogens with zero attached hydrogens (tertiary/aromatic N) is 1. The van der Waals surface area contributed by atoms with E-state index in [0.29, 0.717) is 29.8 Å². The van der Waals surface area contributed by atoms with Crippen molar-refractivity contribution in [1.82, 2.24) is 4.90 Å². The Morgan fingerprint density at radius 3 is 2.91 bits per heavy atom. The van der Waals surface area contributed by atoms with Crippen LogP contribution in [0.1, 0.15) is 31.7 Å². The second-order valence-corrected chi connectivity index (χ2v) is 8.40. The predicted molar refractivity (Wildman–Crippen MR) is 87.0 cm³/mol. The van der Waals surface area contributed by atoms with Gasteiger partial charge in [-0.25, -0.2) is 0 Å². The van der Waals surface area contributed by atoms with Crippen LogP contribution in [0, 0.1) is 17.8 Å². The number of rotatable bonds is 1. The summed E-state index contributed by atoms with van der Waals surface area (Å²) in [5.41, 5.74) is 2.38. The molecule has 23 heavy (non-hydrogen) atoms. The zero-order valence-corrected chi connectivity index (χ0v) is 13.4. The van der Waals surface area contributed by atoms with E-state index in [1.165, 1.54) is 11.3 Å². The van der Waals surface area contributed by atoms with Crippen LogP contribution >= 0.6 is 0 Å². The van der Waals surface area contributed by atoms with Crippen molar-refractivity contribution < 1.29 is 10.2 Å². The molecule has 1 spiro atoms. The fourth-order valence-corrected chi connectivity index (χ4v) is 7.40. The summed E-state index contributed by atoms with van der Waals surface area (Å²) in [6.45, 7) is 2.18. The fraction of sp³-hybridized carbons (Fsp3) is 0.684. The van der Waals surface area contributed by atoms with Crippen LogP contribution in [-0.4, -0.2) is 45.6 Å². The first-order valence-electron chi connectivity index (χ1n) is 9.18. The van der Waals surface area contributed by atoms with E-state index < -0.39 is 0 Å². The van der Waals surface area contributed by atoms with Crippen molar-refractivity contribution in [2.45, 2.75) is 62.1 Å². The van der Waals surface area contributed by atoms with Gasteiger partial charge in [0.1, 0.15) is 6.23 Å². The molecule has 3 unspecified atom stereocenters. The molecule has 0 aromatic heterocycles. The lowest BCUT2D eigenvalue weighted by molar-refractivity contribution is -0.210. The normalized spacial score (nSPS) is 57.3. The lowest BCUT2D eigenvalue weighted by Crippen LogP contribution is -2.71. The molecule has 0 amide bonds. The highest BCUT2D eigenvalue weighted by Gasteiger charge is 2.75. The second-order valence-electron chi connectivity index (χ2n) is 8.40. The van der Waals surface area contributed by atoms with Gasteiger partial charge in [0.15, 0.2) is 0 Å². The average Bonchev–Trinajstić information content (AvgIpc) is 3.02. The summed E-state index contributed by atoms with van der Waals surface area (Å²) in [5, 5.41) is 26.1. The molecule has 4 saturated heterocycles. The highest BCUT2D eigenvalue weighted by molar-refractivity contribution is 5.65. The fourth-order valence-electron chi connectivity index (χ4n) is 7.40. The molecule has 7 rings (SSSR count). The van der Waals surface area contributed by atoms with E-state index >= 15 is 0 Å². The second kappa shape index (κ2) is 3.93. The van der Waals surface area contributed by atoms with E-state index in [-0.39, 0.29) is 23.8 Å². The van der Waals surface area contributed by atoms with Crippen LogP contribution in [0.4, 0.5) is 5.69 Å². The molecule has 10 atom stereocenters. The maximum Gasteiger partial charge on any atom is 0.111 e. The van der Waals surface area contributed by atoms with E-state index in [4.69, 9.17) is 0 Å². The Morgan fingerprint density at radius 2 is 2.09 bits per heavy atom. The molecular weight excluding hydrogens is 288 g/mol. The Morgan fingerprint density at radius 1 is 1.26 bits per heavy atom. The molecule has 5 fully saturated rings. The number of nitrogens with one attached hydrogen (secondary N) is 1. The SMILES string of the molecule is CC[C@H]1[C@@H]2C[C@H]3[C@@H]4Nc5ccccc5[C@]45C[C@@H](C2C5O)N3[C@@H]1O. The zero-order valence-electron chi connectivity index (χ0n) is 13.4. The van der Waals surface area contributed by atoms with Crippen LogP contribution in [0.3, 0.4) is 0 Å². The van der Waals surface area contributed by atoms with Gasteiger partial charge in [-0.05, 0) is 36.8 Å². The number of fused-ring (bicyclic) bond motifs is 2. The largest absolute Gasteiger partial charge is 0.392 e. The Bertz CT molecular complexity index is 694. The summed E-state index contributed by atoms with van der Waals surface area (Å²) < 4.78 is 0. The Balaban J connectivity index is 1.57. The lowest BCUT2D eigenvalue weighted by Gasteiger charge is -2.61. The molecule has 5 aliphatic heterocycles. The molecule has 4 heteroatoms. The molecule has 4 nitrogen and oxygen atoms in total. The number of hydrogen-bond acceptors (Lipinski definition) is 4. The van der Waals surface area contributed by atoms with Crippen molar-refractivity contribution in [3.8, 4) is 0 Å². The van der Waals surface area contributed by atoms with Gasteiger partial charge in [0.25, 0.3) is 0 Å². The third-order valence-electron chi connectivity index (χ3n) is 8.05. The quantitative estimate of drug-likeness (QED) is 0.736. The van der Waals surface area contributed by atoms with Crippen LogP contribution in [0.15, 0.2) is 24.3 Å². The number of benzene rings is 1. The molecule has 5 heterocycles. The number of hydrogen-bond donors (Lipinski definition) is 3. The van der Waals surface area contributed by atoms with Crippen molar-refractivity contribution in [3.05, 3.63) is 29.8 Å². The van der Waals surface area contributed by atoms with Crippen LogP contribution in [0.5, 0.6) is 0 Å². The summed E-state index contributed by atoms with van der Waals surface area (Å²) in [7, 11) is 0. The molecule has 0 radical (unpaired) electrons. The van der Waals surface area contributed by atoms with Gasteiger partial charge in [0, 0.05) is 35.0 Å². The third-order valence-corrected chi connectivity index (χ3v) is 8.05. The topological polar surface area (TPSA) is 55.7 Å². The standard InChI is InChI=1S/C19H24N2O2/c1-2-9-10-7-13-16-19(11-5-3-4-6-12(11)20-16)8-14(15(10)17(19)22)21(13)18(9)23/h3-6,9-10,13-18,20,22-23H,2,7-8H2,1H3/t9-,10-,13-,14-,15?,16-,17?,18+,19+/m0/s1. The molecule has 122 valence electrons. The van der Waals surface area contributed by atoms with Crippen molar-refractivity contribution in [2.75, 3.05) is 5.32 Å². The maximum absolute atomic E-state index is 11.5. The van der Waals surface area contributed by atoms with Gasteiger partial charge in [-0.1, -0.05) is 25.1 Å². The van der Waals surface area contributed by atoms with Crippen molar-refractivity contribution >= 4 is 5.69 Å². The van der Waals surface area contributed by atoms with E-state index in [9.17, 15) is 10.2 Å². The summed E-state index contributed by atoms with van der Waals surface area (Å²) in [5.74, 6) is 1.13. The summed E-state index contributed by atoms with van der Waals surface area (Å²) >= 11 is 0. The minimum absolute atomic E-state index is 0.135. The van der Waals surface area contributed by atoms with Gasteiger partial charge in [-0.3, -0.25) is 4.90 Å². The van der Waals surface area contributed by atoms with Crippen LogP contribution in [-0.2, 0) is 5.41 Å². The molecule has 1 aliphatic carbocycles. The van der Waals surface area contributed by atoms with Gasteiger partial charge in [-0.15, -0.1) is 0 Å². The highest BCUT2D eigenvalue weighted by Crippen LogP contribution is 2.67. The zero-order chi connectivity index (χ0) is 15.5. The summed E-state index contributed by atoms with van der Waals surface area (Å²) in [6, 6.07) is 9.50. The van der Waals surface area contributed by atoms with Gasteiger partial charge in [-0.2, -0.15) is 0 Å². The number of aliphatic hydroxyl groups excluding tert-OH is 2. The van der Waals surface area contributed by atoms with Crippen LogP contribution in [0.25, 0.3) is 0 Å². The lowest BCUT2D eigenvalue weighted by atomic mass is 9.63. The molecule has 6 aliphatic rings. The third kappa shape index (κ3) is 1.20. The molecule has 1 aromatic carbocycles. The van der Waals surface area contributed by atoms with Gasteiger partial charge < -0.3 is 15.5 Å². The van der Waals surface area contributed by atoms with Crippen molar-refractivity contribution in [3.63, 3.8) is 0 Å². The molecule has 1 aromatic rings. The minimum Gasteiger partial charge on any atom is -0.392 e. The molecule has 5 bridgehead atoms. The summed E-state index contributed by atoms with van der Waals surface area (Å²) in [6.07, 6.45) is 2.52. The number of aliphatic hydroxyl groups is 2. The highest BCUT2D eigenvalue weighted by atomic mass is 16.3. The average molecular weight is 312 g/mol. The van der Waals surface area contributed by atoms with E-state index in [0.717, 1.165) is 19.3 Å². The number of anilines is 1.